The molecule has 36 heavy (non-hydrogen) atoms. The number of benzene rings is 6. The van der Waals surface area contributed by atoms with Crippen molar-refractivity contribution in [3.05, 3.63) is 139 Å². The van der Waals surface area contributed by atoms with E-state index in [4.69, 9.17) is 0 Å². The summed E-state index contributed by atoms with van der Waals surface area (Å²) in [4.78, 5) is 0. The van der Waals surface area contributed by atoms with Gasteiger partial charge >= 0.3 is 0 Å². The van der Waals surface area contributed by atoms with E-state index >= 15 is 0 Å². The van der Waals surface area contributed by atoms with E-state index in [1.54, 1.807) is 0 Å². The summed E-state index contributed by atoms with van der Waals surface area (Å²) in [5, 5.41) is 5.22. The van der Waals surface area contributed by atoms with Gasteiger partial charge in [0, 0.05) is 16.5 Å². The molecule has 1 aliphatic rings. The largest absolute Gasteiger partial charge is 0.309 e. The summed E-state index contributed by atoms with van der Waals surface area (Å²) >= 11 is 0. The summed E-state index contributed by atoms with van der Waals surface area (Å²) in [7, 11) is 0. The number of fused-ring (bicyclic) bond motifs is 8. The van der Waals surface area contributed by atoms with Crippen molar-refractivity contribution < 1.29 is 0 Å². The highest BCUT2D eigenvalue weighted by atomic mass is 15.0. The first-order valence-electron chi connectivity index (χ1n) is 12.6. The Hall–Kier alpha value is -4.62. The van der Waals surface area contributed by atoms with Crippen molar-refractivity contribution >= 4 is 32.6 Å². The highest BCUT2D eigenvalue weighted by molar-refractivity contribution is 6.10. The summed E-state index contributed by atoms with van der Waals surface area (Å²) in [5.74, 6) is 0. The first kappa shape index (κ1) is 19.7. The molecule has 0 radical (unpaired) electrons. The lowest BCUT2D eigenvalue weighted by Gasteiger charge is -2.11. The Bertz CT molecular complexity index is 1960. The van der Waals surface area contributed by atoms with Gasteiger partial charge in [-0.2, -0.15) is 0 Å². The highest BCUT2D eigenvalue weighted by Gasteiger charge is 2.20. The molecule has 0 fully saturated rings. The number of rotatable bonds is 2. The van der Waals surface area contributed by atoms with Crippen molar-refractivity contribution in [1.29, 1.82) is 0 Å². The molecule has 0 aliphatic heterocycles. The molecule has 7 aromatic rings. The van der Waals surface area contributed by atoms with Gasteiger partial charge in [0.2, 0.25) is 0 Å². The van der Waals surface area contributed by atoms with E-state index < -0.39 is 0 Å². The maximum absolute atomic E-state index is 2.40. The SMILES string of the molecule is c1ccc(-n2c3ccccc3c3ccc(-c4ccc5ccc6c(c5c4)-c4ccccc4C6)cc32)cc1. The monoisotopic (exact) mass is 457 g/mol. The fourth-order valence-corrected chi connectivity index (χ4v) is 6.14. The average molecular weight is 458 g/mol. The van der Waals surface area contributed by atoms with Crippen molar-refractivity contribution in [3.8, 4) is 27.9 Å². The predicted octanol–water partition coefficient (Wildman–Crippen LogP) is 9.18. The van der Waals surface area contributed by atoms with Crippen LogP contribution in [0.4, 0.5) is 0 Å². The van der Waals surface area contributed by atoms with Gasteiger partial charge in [-0.05, 0) is 80.9 Å². The average Bonchev–Trinajstić information content (AvgIpc) is 3.49. The van der Waals surface area contributed by atoms with Crippen molar-refractivity contribution in [1.82, 2.24) is 4.57 Å². The highest BCUT2D eigenvalue weighted by Crippen LogP contribution is 2.43. The summed E-state index contributed by atoms with van der Waals surface area (Å²) in [5.41, 5.74) is 11.8. The van der Waals surface area contributed by atoms with E-state index in [1.165, 1.54) is 71.6 Å². The van der Waals surface area contributed by atoms with Gasteiger partial charge in [0.15, 0.2) is 0 Å². The van der Waals surface area contributed by atoms with Gasteiger partial charge in [0.05, 0.1) is 11.0 Å². The normalized spacial score (nSPS) is 12.3. The van der Waals surface area contributed by atoms with Crippen LogP contribution in [0.2, 0.25) is 0 Å². The lowest BCUT2D eigenvalue weighted by Crippen LogP contribution is -1.93. The number of hydrogen-bond donors (Lipinski definition) is 0. The second-order valence-corrected chi connectivity index (χ2v) is 9.79. The second kappa shape index (κ2) is 7.44. The molecule has 0 unspecified atom stereocenters. The van der Waals surface area contributed by atoms with Gasteiger partial charge in [0.25, 0.3) is 0 Å². The maximum Gasteiger partial charge on any atom is 0.0547 e. The fraction of sp³-hybridized carbons (Fsp3) is 0.0286. The molecule has 0 spiro atoms. The first-order valence-corrected chi connectivity index (χ1v) is 12.6. The van der Waals surface area contributed by atoms with Gasteiger partial charge < -0.3 is 4.57 Å². The van der Waals surface area contributed by atoms with E-state index in [0.717, 1.165) is 6.42 Å². The maximum atomic E-state index is 2.40. The molecular weight excluding hydrogens is 434 g/mol. The molecule has 1 aliphatic carbocycles. The molecular formula is C35H23N. The van der Waals surface area contributed by atoms with Crippen molar-refractivity contribution in [3.63, 3.8) is 0 Å². The second-order valence-electron chi connectivity index (χ2n) is 9.79. The predicted molar refractivity (Wildman–Crippen MR) is 152 cm³/mol. The quantitative estimate of drug-likeness (QED) is 0.244. The Morgan fingerprint density at radius 3 is 2.14 bits per heavy atom. The molecule has 1 aromatic heterocycles. The summed E-state index contributed by atoms with van der Waals surface area (Å²) in [6, 6.07) is 46.7. The molecule has 168 valence electrons. The third kappa shape index (κ3) is 2.77. The van der Waals surface area contributed by atoms with E-state index in [9.17, 15) is 0 Å². The molecule has 0 amide bonds. The van der Waals surface area contributed by atoms with Gasteiger partial charge in [-0.3, -0.25) is 0 Å². The molecule has 0 saturated carbocycles. The summed E-state index contributed by atoms with van der Waals surface area (Å²) in [6.45, 7) is 0. The van der Waals surface area contributed by atoms with E-state index in [0.29, 0.717) is 0 Å². The summed E-state index contributed by atoms with van der Waals surface area (Å²) < 4.78 is 2.39. The molecule has 6 aromatic carbocycles. The third-order valence-corrected chi connectivity index (χ3v) is 7.80. The van der Waals surface area contributed by atoms with Crippen LogP contribution in [0.25, 0.3) is 60.5 Å². The standard InChI is InChI=1S/C35H23N/c1-2-9-28(10-3-1)36-33-13-7-6-12-30(33)31-19-18-25(22-34(31)36)24-16-14-23-15-17-27-20-26-8-4-5-11-29(26)35(27)32(23)21-24/h1-19,21-22H,20H2. The Kier molecular flexibility index (Phi) is 4.06. The van der Waals surface area contributed by atoms with Crippen molar-refractivity contribution in [2.24, 2.45) is 0 Å². The van der Waals surface area contributed by atoms with Crippen LogP contribution in [0.3, 0.4) is 0 Å². The molecule has 1 nitrogen and oxygen atoms in total. The van der Waals surface area contributed by atoms with Crippen LogP contribution in [-0.4, -0.2) is 4.57 Å². The third-order valence-electron chi connectivity index (χ3n) is 7.80. The number of aromatic nitrogens is 1. The topological polar surface area (TPSA) is 4.93 Å². The molecule has 8 rings (SSSR count). The zero-order valence-corrected chi connectivity index (χ0v) is 19.8. The fourth-order valence-electron chi connectivity index (χ4n) is 6.14. The molecule has 0 bridgehead atoms. The lowest BCUT2D eigenvalue weighted by molar-refractivity contribution is 1.18. The number of nitrogens with zero attached hydrogens (tertiary/aromatic N) is 1. The van der Waals surface area contributed by atoms with Crippen LogP contribution in [0.1, 0.15) is 11.1 Å². The van der Waals surface area contributed by atoms with Crippen LogP contribution in [0, 0.1) is 0 Å². The van der Waals surface area contributed by atoms with Crippen LogP contribution < -0.4 is 0 Å². The van der Waals surface area contributed by atoms with Crippen LogP contribution in [0.15, 0.2) is 127 Å². The first-order chi connectivity index (χ1) is 17.8. The number of para-hydroxylation sites is 2. The van der Waals surface area contributed by atoms with Gasteiger partial charge in [-0.1, -0.05) is 97.1 Å². The minimum Gasteiger partial charge on any atom is -0.309 e. The number of hydrogen-bond acceptors (Lipinski definition) is 0. The van der Waals surface area contributed by atoms with E-state index in [2.05, 4.69) is 132 Å². The molecule has 0 saturated heterocycles. The lowest BCUT2D eigenvalue weighted by atomic mass is 9.94. The Morgan fingerprint density at radius 2 is 1.19 bits per heavy atom. The molecule has 1 heterocycles. The molecule has 1 heteroatoms. The molecule has 0 atom stereocenters. The minimum absolute atomic E-state index is 1.02. The Labute approximate surface area is 209 Å². The zero-order valence-electron chi connectivity index (χ0n) is 19.8. The Balaban J connectivity index is 1.38. The smallest absolute Gasteiger partial charge is 0.0547 e. The van der Waals surface area contributed by atoms with Crippen molar-refractivity contribution in [2.45, 2.75) is 6.42 Å². The van der Waals surface area contributed by atoms with Gasteiger partial charge in [0.1, 0.15) is 0 Å². The minimum atomic E-state index is 1.02. The van der Waals surface area contributed by atoms with Gasteiger partial charge in [-0.15, -0.1) is 0 Å². The van der Waals surface area contributed by atoms with Crippen LogP contribution >= 0.6 is 0 Å². The van der Waals surface area contributed by atoms with E-state index in [-0.39, 0.29) is 0 Å². The van der Waals surface area contributed by atoms with E-state index in [1.807, 2.05) is 0 Å². The zero-order chi connectivity index (χ0) is 23.6. The Morgan fingerprint density at radius 1 is 0.472 bits per heavy atom. The van der Waals surface area contributed by atoms with Crippen LogP contribution in [0.5, 0.6) is 0 Å². The van der Waals surface area contributed by atoms with Crippen molar-refractivity contribution in [2.75, 3.05) is 0 Å². The molecule has 0 N–H and O–H groups in total. The summed E-state index contributed by atoms with van der Waals surface area (Å²) in [6.07, 6.45) is 1.02. The van der Waals surface area contributed by atoms with Crippen LogP contribution in [-0.2, 0) is 6.42 Å². The van der Waals surface area contributed by atoms with Gasteiger partial charge in [-0.25, -0.2) is 0 Å².